The molecule has 2 rings (SSSR count). The van der Waals surface area contributed by atoms with Gasteiger partial charge in [0.05, 0.1) is 0 Å². The molecule has 1 N–H and O–H groups in total. The monoisotopic (exact) mass is 445 g/mol. The van der Waals surface area contributed by atoms with E-state index in [1.54, 1.807) is 23.2 Å². The number of amides is 2. The molecule has 1 saturated heterocycles. The van der Waals surface area contributed by atoms with Crippen LogP contribution in [-0.4, -0.2) is 54.7 Å². The third-order valence-electron chi connectivity index (χ3n) is 3.31. The van der Waals surface area contributed by atoms with Gasteiger partial charge in [-0.05, 0) is 41.5 Å². The van der Waals surface area contributed by atoms with Crippen molar-refractivity contribution < 1.29 is 19.1 Å². The topological polar surface area (TPSA) is 80.8 Å². The highest BCUT2D eigenvalue weighted by Crippen LogP contribution is 2.09. The molecule has 24 heavy (non-hydrogen) atoms. The van der Waals surface area contributed by atoms with E-state index >= 15 is 0 Å². The molecule has 7 nitrogen and oxygen atoms in total. The van der Waals surface area contributed by atoms with Crippen LogP contribution in [0.25, 0.3) is 0 Å². The first-order chi connectivity index (χ1) is 11.6. The highest BCUT2D eigenvalue weighted by molar-refractivity contribution is 14.1. The molecule has 130 valence electrons. The van der Waals surface area contributed by atoms with Crippen molar-refractivity contribution in [3.63, 3.8) is 0 Å². The molecule has 0 aromatic carbocycles. The standard InChI is InChI=1S/C16H20IN3O4/c17-13-5-6-14(19-12-13)23-10-11-24-16(22)18-7-3-4-15(21)20-8-1-2-9-20/h3-6,12H,1-2,7-11H2,(H,18,22)/b4-3+. The van der Waals surface area contributed by atoms with Gasteiger partial charge in [-0.25, -0.2) is 9.78 Å². The van der Waals surface area contributed by atoms with Crippen molar-refractivity contribution in [2.45, 2.75) is 12.8 Å². The molecular formula is C16H20IN3O4. The Hall–Kier alpha value is -1.84. The Labute approximate surface area is 154 Å². The predicted octanol–water partition coefficient (Wildman–Crippen LogP) is 1.97. The van der Waals surface area contributed by atoms with Gasteiger partial charge in [0.25, 0.3) is 0 Å². The van der Waals surface area contributed by atoms with Crippen LogP contribution in [0.5, 0.6) is 5.88 Å². The average molecular weight is 445 g/mol. The van der Waals surface area contributed by atoms with Crippen molar-refractivity contribution in [1.82, 2.24) is 15.2 Å². The highest BCUT2D eigenvalue weighted by atomic mass is 127. The quantitative estimate of drug-likeness (QED) is 0.395. The molecule has 0 aliphatic carbocycles. The number of nitrogens with zero attached hydrogens (tertiary/aromatic N) is 2. The number of ether oxygens (including phenoxy) is 2. The summed E-state index contributed by atoms with van der Waals surface area (Å²) in [6.45, 7) is 2.22. The fraction of sp³-hybridized carbons (Fsp3) is 0.438. The van der Waals surface area contributed by atoms with Crippen LogP contribution in [0.3, 0.4) is 0 Å². The van der Waals surface area contributed by atoms with Crippen LogP contribution in [0, 0.1) is 3.57 Å². The Morgan fingerprint density at radius 2 is 2.08 bits per heavy atom. The second-order valence-electron chi connectivity index (χ2n) is 5.11. The fourth-order valence-corrected chi connectivity index (χ4v) is 2.44. The summed E-state index contributed by atoms with van der Waals surface area (Å²) >= 11 is 2.16. The fourth-order valence-electron chi connectivity index (χ4n) is 2.12. The molecule has 2 amide bonds. The Bertz CT molecular complexity index is 571. The van der Waals surface area contributed by atoms with Crippen LogP contribution >= 0.6 is 22.6 Å². The number of hydrogen-bond donors (Lipinski definition) is 1. The molecule has 8 heteroatoms. The molecule has 1 aromatic heterocycles. The first kappa shape index (κ1) is 18.5. The van der Waals surface area contributed by atoms with E-state index < -0.39 is 6.09 Å². The normalized spacial score (nSPS) is 14.0. The second-order valence-corrected chi connectivity index (χ2v) is 6.36. The van der Waals surface area contributed by atoms with Crippen molar-refractivity contribution in [3.05, 3.63) is 34.1 Å². The van der Waals surface area contributed by atoms with Gasteiger partial charge in [-0.2, -0.15) is 0 Å². The van der Waals surface area contributed by atoms with Gasteiger partial charge < -0.3 is 19.7 Å². The summed E-state index contributed by atoms with van der Waals surface area (Å²) < 4.78 is 11.3. The number of carbonyl (C=O) groups is 2. The minimum atomic E-state index is -0.549. The van der Waals surface area contributed by atoms with E-state index in [9.17, 15) is 9.59 Å². The number of nitrogens with one attached hydrogen (secondary N) is 1. The molecule has 1 fully saturated rings. The van der Waals surface area contributed by atoms with Gasteiger partial charge >= 0.3 is 6.09 Å². The Balaban J connectivity index is 1.53. The number of halogens is 1. The zero-order valence-corrected chi connectivity index (χ0v) is 15.4. The second kappa shape index (κ2) is 10.1. The van der Waals surface area contributed by atoms with Crippen molar-refractivity contribution >= 4 is 34.6 Å². The van der Waals surface area contributed by atoms with E-state index in [2.05, 4.69) is 32.9 Å². The molecule has 0 radical (unpaired) electrons. The summed E-state index contributed by atoms with van der Waals surface area (Å²) in [5, 5.41) is 2.54. The predicted molar refractivity (Wildman–Crippen MR) is 96.8 cm³/mol. The molecule has 1 aromatic rings. The molecule has 2 heterocycles. The lowest BCUT2D eigenvalue weighted by Gasteiger charge is -2.11. The third-order valence-corrected chi connectivity index (χ3v) is 3.95. The maximum Gasteiger partial charge on any atom is 0.407 e. The van der Waals surface area contributed by atoms with Gasteiger partial charge in [0.2, 0.25) is 11.8 Å². The van der Waals surface area contributed by atoms with Crippen LogP contribution in [0.1, 0.15) is 12.8 Å². The number of hydrogen-bond acceptors (Lipinski definition) is 5. The van der Waals surface area contributed by atoms with E-state index in [0.29, 0.717) is 5.88 Å². The first-order valence-electron chi connectivity index (χ1n) is 7.75. The van der Waals surface area contributed by atoms with Gasteiger partial charge in [-0.1, -0.05) is 6.08 Å². The maximum absolute atomic E-state index is 11.7. The van der Waals surface area contributed by atoms with Gasteiger partial charge in [0.15, 0.2) is 0 Å². The molecule has 0 spiro atoms. The molecular weight excluding hydrogens is 425 g/mol. The number of alkyl carbamates (subject to hydrolysis) is 1. The van der Waals surface area contributed by atoms with E-state index in [-0.39, 0.29) is 25.7 Å². The summed E-state index contributed by atoms with van der Waals surface area (Å²) in [5.74, 6) is 0.476. The molecule has 1 aliphatic heterocycles. The largest absolute Gasteiger partial charge is 0.474 e. The summed E-state index contributed by atoms with van der Waals surface area (Å²) in [4.78, 5) is 29.1. The number of aromatic nitrogens is 1. The summed E-state index contributed by atoms with van der Waals surface area (Å²) in [6.07, 6.45) is 6.37. The number of pyridine rings is 1. The lowest BCUT2D eigenvalue weighted by atomic mass is 10.4. The minimum Gasteiger partial charge on any atom is -0.474 e. The van der Waals surface area contributed by atoms with Crippen molar-refractivity contribution in [1.29, 1.82) is 0 Å². The van der Waals surface area contributed by atoms with E-state index in [4.69, 9.17) is 9.47 Å². The lowest BCUT2D eigenvalue weighted by Crippen LogP contribution is -2.27. The van der Waals surface area contributed by atoms with Gasteiger partial charge in [0.1, 0.15) is 13.2 Å². The Morgan fingerprint density at radius 1 is 1.29 bits per heavy atom. The summed E-state index contributed by atoms with van der Waals surface area (Å²) in [6, 6.07) is 3.64. The molecule has 0 saturated carbocycles. The van der Waals surface area contributed by atoms with Gasteiger partial charge in [-0.3, -0.25) is 4.79 Å². The highest BCUT2D eigenvalue weighted by Gasteiger charge is 2.14. The van der Waals surface area contributed by atoms with Crippen LogP contribution < -0.4 is 10.1 Å². The van der Waals surface area contributed by atoms with Crippen LogP contribution in [0.2, 0.25) is 0 Å². The minimum absolute atomic E-state index is 0.0129. The van der Waals surface area contributed by atoms with Gasteiger partial charge in [-0.15, -0.1) is 0 Å². The van der Waals surface area contributed by atoms with Crippen molar-refractivity contribution in [2.75, 3.05) is 32.8 Å². The van der Waals surface area contributed by atoms with Gasteiger partial charge in [0, 0.05) is 41.5 Å². The van der Waals surface area contributed by atoms with Crippen LogP contribution in [0.4, 0.5) is 4.79 Å². The van der Waals surface area contributed by atoms with E-state index in [1.165, 1.54) is 6.08 Å². The Kier molecular flexibility index (Phi) is 7.80. The third kappa shape index (κ3) is 6.73. The SMILES string of the molecule is O=C(NC/C=C/C(=O)N1CCCC1)OCCOc1ccc(I)cn1. The average Bonchev–Trinajstić information content (AvgIpc) is 3.12. The first-order valence-corrected chi connectivity index (χ1v) is 8.83. The lowest BCUT2D eigenvalue weighted by molar-refractivity contribution is -0.125. The van der Waals surface area contributed by atoms with E-state index in [1.807, 2.05) is 6.07 Å². The molecule has 0 bridgehead atoms. The maximum atomic E-state index is 11.7. The smallest absolute Gasteiger partial charge is 0.407 e. The molecule has 0 unspecified atom stereocenters. The van der Waals surface area contributed by atoms with Crippen molar-refractivity contribution in [2.24, 2.45) is 0 Å². The number of rotatable bonds is 7. The van der Waals surface area contributed by atoms with E-state index in [0.717, 1.165) is 29.5 Å². The number of carbonyl (C=O) groups excluding carboxylic acids is 2. The van der Waals surface area contributed by atoms with Crippen LogP contribution in [0.15, 0.2) is 30.5 Å². The summed E-state index contributed by atoms with van der Waals surface area (Å²) in [5.41, 5.74) is 0. The zero-order chi connectivity index (χ0) is 17.2. The van der Waals surface area contributed by atoms with Crippen molar-refractivity contribution in [3.8, 4) is 5.88 Å². The number of likely N-dealkylation sites (tertiary alicyclic amines) is 1. The summed E-state index contributed by atoms with van der Waals surface area (Å²) in [7, 11) is 0. The molecule has 1 aliphatic rings. The molecule has 0 atom stereocenters. The Morgan fingerprint density at radius 3 is 2.79 bits per heavy atom. The van der Waals surface area contributed by atoms with Crippen LogP contribution in [-0.2, 0) is 9.53 Å². The zero-order valence-electron chi connectivity index (χ0n) is 13.2.